The number of halogens is 4. The summed E-state index contributed by atoms with van der Waals surface area (Å²) in [5.41, 5.74) is 3.31. The van der Waals surface area contributed by atoms with Crippen molar-refractivity contribution in [3.8, 4) is 16.9 Å². The van der Waals surface area contributed by atoms with Gasteiger partial charge in [0.1, 0.15) is 27.8 Å². The van der Waals surface area contributed by atoms with Gasteiger partial charge in [-0.3, -0.25) is 9.25 Å². The Morgan fingerprint density at radius 3 is 2.55 bits per heavy atom. The number of nitrogens with zero attached hydrogens (tertiary/aromatic N) is 5. The highest BCUT2D eigenvalue weighted by atomic mass is 32.2. The first-order valence-corrected chi connectivity index (χ1v) is 14.7. The van der Waals surface area contributed by atoms with Crippen LogP contribution in [-0.2, 0) is 22.8 Å². The van der Waals surface area contributed by atoms with Crippen LogP contribution in [-0.4, -0.2) is 77.0 Å². The molecule has 1 aromatic carbocycles. The molecule has 1 fully saturated rings. The van der Waals surface area contributed by atoms with Crippen LogP contribution in [0.1, 0.15) is 18.4 Å². The van der Waals surface area contributed by atoms with Crippen molar-refractivity contribution in [3.05, 3.63) is 60.3 Å². The first-order valence-electron chi connectivity index (χ1n) is 12.9. The Labute approximate surface area is 229 Å². The molecular weight excluding hydrogens is 548 g/mol. The summed E-state index contributed by atoms with van der Waals surface area (Å²) in [4.78, 5) is 6.95. The van der Waals surface area contributed by atoms with Crippen LogP contribution >= 0.6 is 0 Å². The summed E-state index contributed by atoms with van der Waals surface area (Å²) < 4.78 is 79.5. The monoisotopic (exact) mass is 578 g/mol. The first kappa shape index (κ1) is 28.1. The number of rotatable bonds is 8. The van der Waals surface area contributed by atoms with E-state index in [4.69, 9.17) is 4.98 Å². The Balaban J connectivity index is 1.48. The lowest BCUT2D eigenvalue weighted by atomic mass is 10.1. The quantitative estimate of drug-likeness (QED) is 0.306. The third kappa shape index (κ3) is 6.15. The molecule has 0 atom stereocenters. The molecule has 3 aromatic heterocycles. The lowest BCUT2D eigenvalue weighted by Crippen LogP contribution is -2.39. The Bertz CT molecular complexity index is 1620. The zero-order valence-corrected chi connectivity index (χ0v) is 22.9. The Morgan fingerprint density at radius 2 is 1.88 bits per heavy atom. The molecule has 4 heterocycles. The number of pyridine rings is 1. The molecule has 13 heteroatoms. The minimum Gasteiger partial charge on any atom is -0.386 e. The molecule has 1 N–H and O–H groups in total. The van der Waals surface area contributed by atoms with Crippen LogP contribution in [0.5, 0.6) is 0 Å². The van der Waals surface area contributed by atoms with E-state index in [9.17, 15) is 26.0 Å². The molecular formula is C27H30F4N6O2S. The Hall–Kier alpha value is -3.45. The highest BCUT2D eigenvalue weighted by molar-refractivity contribution is 7.91. The summed E-state index contributed by atoms with van der Waals surface area (Å²) in [6.45, 7) is -0.549. The fourth-order valence-corrected chi connectivity index (χ4v) is 6.61. The number of hydrogen-bond acceptors (Lipinski definition) is 6. The third-order valence-electron chi connectivity index (χ3n) is 7.39. The van der Waals surface area contributed by atoms with Gasteiger partial charge in [0.05, 0.1) is 34.8 Å². The molecule has 5 rings (SSSR count). The van der Waals surface area contributed by atoms with Crippen molar-refractivity contribution in [1.29, 1.82) is 0 Å². The van der Waals surface area contributed by atoms with Gasteiger partial charge in [0.2, 0.25) is 0 Å². The lowest BCUT2D eigenvalue weighted by Gasteiger charge is -2.31. The Kier molecular flexibility index (Phi) is 7.62. The number of likely N-dealkylation sites (N-methyl/N-ethyl adjacent to an activating group) is 1. The predicted octanol–water partition coefficient (Wildman–Crippen LogP) is 4.68. The Morgan fingerprint density at radius 1 is 1.12 bits per heavy atom. The van der Waals surface area contributed by atoms with E-state index in [0.29, 0.717) is 54.1 Å². The number of anilines is 1. The molecule has 0 unspecified atom stereocenters. The average molecular weight is 579 g/mol. The van der Waals surface area contributed by atoms with Crippen molar-refractivity contribution in [2.75, 3.05) is 37.5 Å². The second-order valence-electron chi connectivity index (χ2n) is 10.2. The van der Waals surface area contributed by atoms with Gasteiger partial charge in [0, 0.05) is 43.0 Å². The van der Waals surface area contributed by atoms with Gasteiger partial charge in [0.25, 0.3) is 0 Å². The molecule has 4 aromatic rings. The minimum absolute atomic E-state index is 0.165. The molecule has 1 aliphatic rings. The van der Waals surface area contributed by atoms with Crippen LogP contribution in [0.4, 0.5) is 23.2 Å². The van der Waals surface area contributed by atoms with Gasteiger partial charge in [-0.1, -0.05) is 6.07 Å². The number of benzene rings is 1. The molecule has 0 aliphatic carbocycles. The summed E-state index contributed by atoms with van der Waals surface area (Å²) in [6.07, 6.45) is 1.91. The van der Waals surface area contributed by atoms with Gasteiger partial charge < -0.3 is 10.2 Å². The molecule has 0 saturated carbocycles. The molecule has 214 valence electrons. The standard InChI is InChI=1S/C27H30F4N6O2S/c1-32-25-5-3-18(13-23(25)28)24-6-4-22-19(7-10-35(2)20-8-11-40(38,39)12-9-20)15-37(26(22)34-24)21-14-33-36(16-21)17-27(29,30)31/h3-6,13-16,20,32H,7-12,17H2,1-2H3. The highest BCUT2D eigenvalue weighted by Gasteiger charge is 2.29. The maximum absolute atomic E-state index is 14.5. The van der Waals surface area contributed by atoms with E-state index in [1.54, 1.807) is 29.8 Å². The van der Waals surface area contributed by atoms with Gasteiger partial charge in [-0.2, -0.15) is 18.3 Å². The normalized spacial score (nSPS) is 16.2. The summed E-state index contributed by atoms with van der Waals surface area (Å²) in [6, 6.07) is 8.60. The zero-order valence-electron chi connectivity index (χ0n) is 22.1. The van der Waals surface area contributed by atoms with Gasteiger partial charge in [0.15, 0.2) is 0 Å². The van der Waals surface area contributed by atoms with Crippen molar-refractivity contribution >= 4 is 26.6 Å². The minimum atomic E-state index is -4.41. The van der Waals surface area contributed by atoms with Gasteiger partial charge in [-0.25, -0.2) is 17.8 Å². The van der Waals surface area contributed by atoms with Crippen molar-refractivity contribution in [3.63, 3.8) is 0 Å². The molecule has 0 spiro atoms. The number of sulfone groups is 1. The van der Waals surface area contributed by atoms with E-state index in [0.717, 1.165) is 15.6 Å². The number of hydrogen-bond donors (Lipinski definition) is 1. The topological polar surface area (TPSA) is 85.0 Å². The summed E-state index contributed by atoms with van der Waals surface area (Å²) in [5.74, 6) is -0.0533. The summed E-state index contributed by atoms with van der Waals surface area (Å²) >= 11 is 0. The number of alkyl halides is 3. The van der Waals surface area contributed by atoms with Gasteiger partial charge in [-0.15, -0.1) is 0 Å². The van der Waals surface area contributed by atoms with E-state index in [-0.39, 0.29) is 17.5 Å². The maximum atomic E-state index is 14.5. The molecule has 8 nitrogen and oxygen atoms in total. The fraction of sp³-hybridized carbons (Fsp3) is 0.407. The fourth-order valence-electron chi connectivity index (χ4n) is 5.15. The maximum Gasteiger partial charge on any atom is 0.408 e. The van der Waals surface area contributed by atoms with E-state index in [1.165, 1.54) is 18.5 Å². The smallest absolute Gasteiger partial charge is 0.386 e. The van der Waals surface area contributed by atoms with Crippen LogP contribution in [0, 0.1) is 5.82 Å². The van der Waals surface area contributed by atoms with Gasteiger partial charge in [-0.05, 0) is 56.1 Å². The number of aromatic nitrogens is 4. The lowest BCUT2D eigenvalue weighted by molar-refractivity contribution is -0.142. The summed E-state index contributed by atoms with van der Waals surface area (Å²) in [7, 11) is 0.644. The molecule has 1 aliphatic heterocycles. The van der Waals surface area contributed by atoms with Gasteiger partial charge >= 0.3 is 6.18 Å². The third-order valence-corrected chi connectivity index (χ3v) is 9.10. The number of nitrogens with one attached hydrogen (secondary N) is 1. The average Bonchev–Trinajstić information content (AvgIpc) is 3.50. The van der Waals surface area contributed by atoms with Crippen molar-refractivity contribution in [2.45, 2.75) is 38.0 Å². The van der Waals surface area contributed by atoms with E-state index >= 15 is 0 Å². The largest absolute Gasteiger partial charge is 0.408 e. The molecule has 0 bridgehead atoms. The molecule has 40 heavy (non-hydrogen) atoms. The SMILES string of the molecule is CNc1ccc(-c2ccc3c(CCN(C)C4CCS(=O)(=O)CC4)cn(-c4cnn(CC(F)(F)F)c4)c3n2)cc1F. The zero-order chi connectivity index (χ0) is 28.7. The van der Waals surface area contributed by atoms with Crippen molar-refractivity contribution < 1.29 is 26.0 Å². The second-order valence-corrected chi connectivity index (χ2v) is 12.5. The number of fused-ring (bicyclic) bond motifs is 1. The summed E-state index contributed by atoms with van der Waals surface area (Å²) in [5, 5.41) is 7.49. The molecule has 0 amide bonds. The van der Waals surface area contributed by atoms with Crippen LogP contribution in [0.3, 0.4) is 0 Å². The molecule has 0 radical (unpaired) electrons. The van der Waals surface area contributed by atoms with Crippen LogP contribution < -0.4 is 5.32 Å². The second kappa shape index (κ2) is 10.8. The first-order chi connectivity index (χ1) is 18.9. The van der Waals surface area contributed by atoms with E-state index < -0.39 is 28.4 Å². The molecule has 1 saturated heterocycles. The van der Waals surface area contributed by atoms with Crippen molar-refractivity contribution in [2.24, 2.45) is 0 Å². The van der Waals surface area contributed by atoms with E-state index in [1.807, 2.05) is 19.3 Å². The van der Waals surface area contributed by atoms with Crippen LogP contribution in [0.2, 0.25) is 0 Å². The van der Waals surface area contributed by atoms with Crippen LogP contribution in [0.15, 0.2) is 48.9 Å². The highest BCUT2D eigenvalue weighted by Crippen LogP contribution is 2.30. The van der Waals surface area contributed by atoms with Crippen LogP contribution in [0.25, 0.3) is 28.0 Å². The van der Waals surface area contributed by atoms with Crippen molar-refractivity contribution in [1.82, 2.24) is 24.2 Å². The predicted molar refractivity (Wildman–Crippen MR) is 146 cm³/mol. The van der Waals surface area contributed by atoms with E-state index in [2.05, 4.69) is 15.3 Å².